The van der Waals surface area contributed by atoms with Gasteiger partial charge in [0.15, 0.2) is 12.4 Å². The highest BCUT2D eigenvalue weighted by Crippen LogP contribution is 2.15. The van der Waals surface area contributed by atoms with Crippen LogP contribution in [0.25, 0.3) is 0 Å². The molecule has 0 saturated carbocycles. The summed E-state index contributed by atoms with van der Waals surface area (Å²) in [6.45, 7) is 1.62. The molecule has 10 nitrogen and oxygen atoms in total. The van der Waals surface area contributed by atoms with E-state index in [9.17, 15) is 18.3 Å². The van der Waals surface area contributed by atoms with Crippen LogP contribution in [0.1, 0.15) is 25.6 Å². The molecule has 1 unspecified atom stereocenters. The Morgan fingerprint density at radius 3 is 2.70 bits per heavy atom. The Morgan fingerprint density at radius 1 is 1.37 bits per heavy atom. The maximum atomic E-state index is 12.3. The van der Waals surface area contributed by atoms with E-state index in [-0.39, 0.29) is 11.5 Å². The van der Waals surface area contributed by atoms with Gasteiger partial charge >= 0.3 is 5.97 Å². The summed E-state index contributed by atoms with van der Waals surface area (Å²) in [4.78, 5) is 12.1. The fourth-order valence-electron chi connectivity index (χ4n) is 2.07. The number of nitrogens with one attached hydrogen (secondary N) is 1. The zero-order valence-corrected chi connectivity index (χ0v) is 17.0. The fraction of sp³-hybridized carbons (Fsp3) is 0.467. The Balaban J connectivity index is 1.99. The number of aliphatic hydroxyl groups excluding tert-OH is 1. The highest BCUT2D eigenvalue weighted by molar-refractivity contribution is 9.10. The number of hydrogen-bond donors (Lipinski definition) is 2. The molecule has 1 aromatic heterocycles. The second-order valence-corrected chi connectivity index (χ2v) is 8.22. The first-order valence-corrected chi connectivity index (χ1v) is 10.5. The molecule has 0 aliphatic carbocycles. The number of benzene rings is 1. The second kappa shape index (κ2) is 9.88. The molecule has 1 aromatic carbocycles. The van der Waals surface area contributed by atoms with E-state index < -0.39 is 28.6 Å². The first-order chi connectivity index (χ1) is 12.9. The molecule has 0 amide bonds. The van der Waals surface area contributed by atoms with Crippen LogP contribution in [0, 0.1) is 0 Å². The Hall–Kier alpha value is -1.89. The van der Waals surface area contributed by atoms with Crippen LogP contribution in [-0.2, 0) is 32.7 Å². The van der Waals surface area contributed by atoms with Gasteiger partial charge in [-0.3, -0.25) is 4.79 Å². The van der Waals surface area contributed by atoms with Gasteiger partial charge in [0, 0.05) is 11.0 Å². The topological polar surface area (TPSA) is 136 Å². The summed E-state index contributed by atoms with van der Waals surface area (Å²) in [6, 6.07) is 4.40. The molecule has 0 bridgehead atoms. The van der Waals surface area contributed by atoms with Crippen molar-refractivity contribution in [2.24, 2.45) is 0 Å². The normalized spacial score (nSPS) is 12.7. The third-order valence-corrected chi connectivity index (χ3v) is 5.58. The molecule has 1 atom stereocenters. The summed E-state index contributed by atoms with van der Waals surface area (Å²) in [6.07, 6.45) is 1.81. The molecule has 12 heteroatoms. The van der Waals surface area contributed by atoms with Crippen LogP contribution in [0.4, 0.5) is 0 Å². The van der Waals surface area contributed by atoms with Crippen molar-refractivity contribution >= 4 is 31.9 Å². The van der Waals surface area contributed by atoms with Gasteiger partial charge in [-0.25, -0.2) is 13.1 Å². The van der Waals surface area contributed by atoms with Crippen molar-refractivity contribution in [1.82, 2.24) is 24.9 Å². The number of nitrogens with zero attached hydrogens (tertiary/aromatic N) is 4. The molecule has 0 aliphatic heterocycles. The number of hydrogen-bond acceptors (Lipinski definition) is 8. The Kier molecular flexibility index (Phi) is 7.83. The summed E-state index contributed by atoms with van der Waals surface area (Å²) >= 11 is 3.21. The molecule has 0 fully saturated rings. The van der Waals surface area contributed by atoms with E-state index in [1.54, 1.807) is 12.1 Å². The van der Waals surface area contributed by atoms with Gasteiger partial charge in [0.1, 0.15) is 6.04 Å². The van der Waals surface area contributed by atoms with Crippen molar-refractivity contribution in [3.8, 4) is 0 Å². The SMILES string of the molecule is CCCCn1nnnc1COC(=O)C(CO)NS(=O)(=O)c1ccc(Br)cc1. The van der Waals surface area contributed by atoms with Crippen molar-refractivity contribution in [3.05, 3.63) is 34.6 Å². The summed E-state index contributed by atoms with van der Waals surface area (Å²) < 4.78 is 34.1. The van der Waals surface area contributed by atoms with E-state index in [1.807, 2.05) is 6.92 Å². The minimum atomic E-state index is -4.00. The molecule has 2 aromatic rings. The van der Waals surface area contributed by atoms with E-state index >= 15 is 0 Å². The predicted octanol–water partition coefficient (Wildman–Crippen LogP) is 0.618. The van der Waals surface area contributed by atoms with E-state index in [4.69, 9.17) is 4.74 Å². The Labute approximate surface area is 165 Å². The van der Waals surface area contributed by atoms with Crippen LogP contribution < -0.4 is 4.72 Å². The van der Waals surface area contributed by atoms with Gasteiger partial charge in [-0.1, -0.05) is 29.3 Å². The number of unbranched alkanes of at least 4 members (excludes halogenated alkanes) is 1. The van der Waals surface area contributed by atoms with Gasteiger partial charge in [0.05, 0.1) is 11.5 Å². The molecular formula is C15H20BrN5O5S. The molecule has 148 valence electrons. The third-order valence-electron chi connectivity index (χ3n) is 3.56. The van der Waals surface area contributed by atoms with Crippen molar-refractivity contribution < 1.29 is 23.1 Å². The van der Waals surface area contributed by atoms with Crippen molar-refractivity contribution in [1.29, 1.82) is 0 Å². The number of tetrazole rings is 1. The van der Waals surface area contributed by atoms with Crippen LogP contribution in [-0.4, -0.2) is 52.3 Å². The number of ether oxygens (including phenoxy) is 1. The molecular weight excluding hydrogens is 442 g/mol. The van der Waals surface area contributed by atoms with Crippen LogP contribution >= 0.6 is 15.9 Å². The summed E-state index contributed by atoms with van der Waals surface area (Å²) in [5.74, 6) is -0.590. The number of sulfonamides is 1. The van der Waals surface area contributed by atoms with Crippen LogP contribution in [0.5, 0.6) is 0 Å². The average molecular weight is 462 g/mol. The van der Waals surface area contributed by atoms with Crippen molar-refractivity contribution in [2.45, 2.75) is 43.9 Å². The van der Waals surface area contributed by atoms with E-state index in [0.717, 1.165) is 12.8 Å². The van der Waals surface area contributed by atoms with Crippen molar-refractivity contribution in [2.75, 3.05) is 6.61 Å². The van der Waals surface area contributed by atoms with Crippen LogP contribution in [0.15, 0.2) is 33.6 Å². The Bertz CT molecular complexity index is 856. The quantitative estimate of drug-likeness (QED) is 0.491. The zero-order chi connectivity index (χ0) is 19.9. The van der Waals surface area contributed by atoms with E-state index in [2.05, 4.69) is 36.2 Å². The standard InChI is InChI=1S/C15H20BrN5O5S/c1-2-3-8-21-14(17-19-20-21)10-26-15(23)13(9-22)18-27(24,25)12-6-4-11(16)5-7-12/h4-7,13,18,22H,2-3,8-10H2,1H3. The summed E-state index contributed by atoms with van der Waals surface area (Å²) in [5.41, 5.74) is 0. The third kappa shape index (κ3) is 6.06. The largest absolute Gasteiger partial charge is 0.456 e. The molecule has 1 heterocycles. The van der Waals surface area contributed by atoms with Gasteiger partial charge in [0.2, 0.25) is 10.0 Å². The second-order valence-electron chi connectivity index (χ2n) is 5.59. The van der Waals surface area contributed by atoms with E-state index in [0.29, 0.717) is 16.8 Å². The number of carbonyl (C=O) groups excluding carboxylic acids is 1. The highest BCUT2D eigenvalue weighted by Gasteiger charge is 2.27. The number of aliphatic hydroxyl groups is 1. The first-order valence-electron chi connectivity index (χ1n) is 8.17. The molecule has 0 spiro atoms. The molecule has 2 N–H and O–H groups in total. The molecule has 27 heavy (non-hydrogen) atoms. The van der Waals surface area contributed by atoms with Crippen LogP contribution in [0.3, 0.4) is 0 Å². The van der Waals surface area contributed by atoms with Gasteiger partial charge < -0.3 is 9.84 Å². The molecule has 0 aliphatic rings. The lowest BCUT2D eigenvalue weighted by Crippen LogP contribution is -2.44. The number of esters is 1. The van der Waals surface area contributed by atoms with Gasteiger partial charge in [-0.05, 0) is 41.1 Å². The molecule has 0 radical (unpaired) electrons. The maximum absolute atomic E-state index is 12.3. The first kappa shape index (κ1) is 21.4. The van der Waals surface area contributed by atoms with Crippen LogP contribution in [0.2, 0.25) is 0 Å². The lowest BCUT2D eigenvalue weighted by molar-refractivity contribution is -0.148. The zero-order valence-electron chi connectivity index (χ0n) is 14.6. The van der Waals surface area contributed by atoms with E-state index in [1.165, 1.54) is 16.8 Å². The Morgan fingerprint density at radius 2 is 2.07 bits per heavy atom. The fourth-order valence-corrected chi connectivity index (χ4v) is 3.51. The minimum absolute atomic E-state index is 0.0412. The monoisotopic (exact) mass is 461 g/mol. The molecule has 0 saturated heterocycles. The number of halogens is 1. The summed E-state index contributed by atoms with van der Waals surface area (Å²) in [5, 5.41) is 20.5. The lowest BCUT2D eigenvalue weighted by atomic mass is 10.3. The number of aryl methyl sites for hydroxylation is 1. The minimum Gasteiger partial charge on any atom is -0.456 e. The smallest absolute Gasteiger partial charge is 0.327 e. The average Bonchev–Trinajstić information content (AvgIpc) is 3.10. The maximum Gasteiger partial charge on any atom is 0.327 e. The van der Waals surface area contributed by atoms with Crippen molar-refractivity contribution in [3.63, 3.8) is 0 Å². The predicted molar refractivity (Wildman–Crippen MR) is 97.9 cm³/mol. The molecule has 2 rings (SSSR count). The van der Waals surface area contributed by atoms with Gasteiger partial charge in [0.25, 0.3) is 0 Å². The number of rotatable bonds is 10. The van der Waals surface area contributed by atoms with Gasteiger partial charge in [-0.15, -0.1) is 5.10 Å². The summed E-state index contributed by atoms with van der Waals surface area (Å²) in [7, 11) is -4.00. The lowest BCUT2D eigenvalue weighted by Gasteiger charge is -2.15. The number of aromatic nitrogens is 4. The number of carbonyl (C=O) groups is 1. The highest BCUT2D eigenvalue weighted by atomic mass is 79.9. The van der Waals surface area contributed by atoms with Gasteiger partial charge in [-0.2, -0.15) is 4.72 Å².